The highest BCUT2D eigenvalue weighted by Gasteiger charge is 2.44. The highest BCUT2D eigenvalue weighted by Crippen LogP contribution is 2.48. The maximum atomic E-state index is 14.6. The summed E-state index contributed by atoms with van der Waals surface area (Å²) in [5, 5.41) is 27.5. The molecular formula is C46H58F2N8O6S2. The molecule has 0 radical (unpaired) electrons. The van der Waals surface area contributed by atoms with Crippen molar-refractivity contribution in [2.75, 3.05) is 0 Å². The summed E-state index contributed by atoms with van der Waals surface area (Å²) in [7, 11) is 0. The second-order valence-corrected chi connectivity index (χ2v) is 22.2. The summed E-state index contributed by atoms with van der Waals surface area (Å²) < 4.78 is 38.8. The zero-order valence-electron chi connectivity index (χ0n) is 38.3. The standard InChI is InChI=1S/2C23H29FN4O3S/c2*1-21(2,3)31-20(29)28-19-27-18(22(4,5)30)10-23(6,32-19)15-7-8-17(24)16(9-15)14-11-25-13-26-12-14/h2*7-9,11-13,18,30H,10H2,1-6H3,(H,27,28,29)/t2*18-,23-/m00/s1. The van der Waals surface area contributed by atoms with E-state index in [2.05, 4.69) is 40.6 Å². The van der Waals surface area contributed by atoms with Crippen LogP contribution in [0.5, 0.6) is 0 Å². The number of nitrogens with one attached hydrogen (secondary N) is 2. The van der Waals surface area contributed by atoms with E-state index >= 15 is 0 Å². The number of carbonyl (C=O) groups excluding carboxylic acids is 2. The molecule has 2 aromatic carbocycles. The fourth-order valence-corrected chi connectivity index (χ4v) is 9.22. The van der Waals surface area contributed by atoms with Gasteiger partial charge in [0.1, 0.15) is 35.5 Å². The summed E-state index contributed by atoms with van der Waals surface area (Å²) in [6, 6.07) is 8.79. The maximum absolute atomic E-state index is 14.6. The summed E-state index contributed by atoms with van der Waals surface area (Å²) in [5.41, 5.74) is -0.0157. The van der Waals surface area contributed by atoms with Crippen LogP contribution < -0.4 is 10.6 Å². The second kappa shape index (κ2) is 19.2. The Morgan fingerprint density at radius 2 is 0.953 bits per heavy atom. The molecule has 64 heavy (non-hydrogen) atoms. The Kier molecular flexibility index (Phi) is 15.0. The molecule has 0 aliphatic carbocycles. The molecule has 4 N–H and O–H groups in total. The van der Waals surface area contributed by atoms with Gasteiger partial charge < -0.3 is 19.7 Å². The van der Waals surface area contributed by atoms with Crippen molar-refractivity contribution in [2.45, 2.75) is 140 Å². The quantitative estimate of drug-likeness (QED) is 0.143. The molecule has 0 fully saturated rings. The minimum absolute atomic E-state index is 0.342. The molecule has 4 aromatic rings. The van der Waals surface area contributed by atoms with Gasteiger partial charge in [0.15, 0.2) is 10.3 Å². The molecule has 2 aliphatic rings. The highest BCUT2D eigenvalue weighted by molar-refractivity contribution is 8.15. The molecule has 6 rings (SSSR count). The number of halogens is 2. The van der Waals surface area contributed by atoms with Crippen LogP contribution >= 0.6 is 23.5 Å². The summed E-state index contributed by atoms with van der Waals surface area (Å²) >= 11 is 2.69. The van der Waals surface area contributed by atoms with Gasteiger partial charge in [-0.05, 0) is 131 Å². The molecule has 18 heteroatoms. The van der Waals surface area contributed by atoms with Gasteiger partial charge in [-0.3, -0.25) is 20.6 Å². The van der Waals surface area contributed by atoms with Gasteiger partial charge >= 0.3 is 12.2 Å². The molecule has 0 bridgehead atoms. The number of ether oxygens (including phenoxy) is 2. The number of rotatable bonds is 6. The number of alkyl carbamates (subject to hydrolysis) is 2. The van der Waals surface area contributed by atoms with Crippen molar-refractivity contribution in [3.8, 4) is 22.3 Å². The van der Waals surface area contributed by atoms with Crippen LogP contribution in [0.1, 0.15) is 107 Å². The van der Waals surface area contributed by atoms with Gasteiger partial charge in [0.2, 0.25) is 0 Å². The van der Waals surface area contributed by atoms with Crippen LogP contribution in [-0.4, -0.2) is 87.2 Å². The molecule has 2 amide bonds. The van der Waals surface area contributed by atoms with E-state index in [1.54, 1.807) is 118 Å². The molecule has 344 valence electrons. The number of aromatic nitrogens is 4. The first-order valence-electron chi connectivity index (χ1n) is 20.6. The lowest BCUT2D eigenvalue weighted by molar-refractivity contribution is 0.0450. The molecule has 2 aliphatic heterocycles. The minimum Gasteiger partial charge on any atom is -0.444 e. The topological polar surface area (TPSA) is 193 Å². The Hall–Kier alpha value is -5.04. The van der Waals surface area contributed by atoms with Gasteiger partial charge in [0, 0.05) is 56.5 Å². The third-order valence-electron chi connectivity index (χ3n) is 10.1. The third-order valence-corrected chi connectivity index (χ3v) is 12.6. The average Bonchev–Trinajstić information content (AvgIpc) is 3.16. The third kappa shape index (κ3) is 13.5. The first-order chi connectivity index (χ1) is 29.5. The Morgan fingerprint density at radius 3 is 1.25 bits per heavy atom. The zero-order valence-corrected chi connectivity index (χ0v) is 39.9. The molecule has 14 nitrogen and oxygen atoms in total. The van der Waals surface area contributed by atoms with E-state index in [9.17, 15) is 28.6 Å². The molecular weight excluding hydrogens is 863 g/mol. The number of amides is 2. The van der Waals surface area contributed by atoms with Crippen LogP contribution in [0.25, 0.3) is 22.3 Å². The predicted octanol–water partition coefficient (Wildman–Crippen LogP) is 9.31. The van der Waals surface area contributed by atoms with Crippen molar-refractivity contribution in [3.63, 3.8) is 0 Å². The number of hydrogen-bond donors (Lipinski definition) is 4. The van der Waals surface area contributed by atoms with Gasteiger partial charge in [-0.1, -0.05) is 35.7 Å². The lowest BCUT2D eigenvalue weighted by atomic mass is 9.85. The van der Waals surface area contributed by atoms with E-state index in [1.807, 2.05) is 13.8 Å². The van der Waals surface area contributed by atoms with Gasteiger partial charge in [0.25, 0.3) is 0 Å². The van der Waals surface area contributed by atoms with Crippen LogP contribution in [0.2, 0.25) is 0 Å². The lowest BCUT2D eigenvalue weighted by Gasteiger charge is -2.40. The monoisotopic (exact) mass is 920 g/mol. The van der Waals surface area contributed by atoms with Crippen molar-refractivity contribution < 1.29 is 38.1 Å². The van der Waals surface area contributed by atoms with Crippen molar-refractivity contribution in [1.82, 2.24) is 30.6 Å². The molecule has 0 spiro atoms. The van der Waals surface area contributed by atoms with E-state index in [1.165, 1.54) is 48.3 Å². The molecule has 0 saturated heterocycles. The highest BCUT2D eigenvalue weighted by atomic mass is 32.2. The Balaban J connectivity index is 0.000000241. The number of aliphatic imine (C=N–C) groups is 2. The van der Waals surface area contributed by atoms with Gasteiger partial charge in [-0.25, -0.2) is 38.3 Å². The van der Waals surface area contributed by atoms with Crippen LogP contribution in [0.3, 0.4) is 0 Å². The maximum Gasteiger partial charge on any atom is 0.413 e. The summed E-state index contributed by atoms with van der Waals surface area (Å²) in [6.07, 6.45) is 8.74. The fourth-order valence-electron chi connectivity index (χ4n) is 6.77. The number of benzene rings is 2. The minimum atomic E-state index is -1.13. The Labute approximate surface area is 382 Å². The van der Waals surface area contributed by atoms with Crippen molar-refractivity contribution in [3.05, 3.63) is 96.6 Å². The fraction of sp³-hybridized carbons (Fsp3) is 0.478. The summed E-state index contributed by atoms with van der Waals surface area (Å²) in [4.78, 5) is 49.8. The largest absolute Gasteiger partial charge is 0.444 e. The zero-order chi connectivity index (χ0) is 47.5. The van der Waals surface area contributed by atoms with E-state index in [0.717, 1.165) is 11.1 Å². The van der Waals surface area contributed by atoms with Gasteiger partial charge in [-0.2, -0.15) is 0 Å². The Morgan fingerprint density at radius 1 is 0.625 bits per heavy atom. The number of hydrogen-bond acceptors (Lipinski definition) is 14. The number of amidine groups is 2. The van der Waals surface area contributed by atoms with Crippen molar-refractivity contribution in [2.24, 2.45) is 9.98 Å². The van der Waals surface area contributed by atoms with Gasteiger partial charge in [0.05, 0.1) is 23.3 Å². The molecule has 0 saturated carbocycles. The SMILES string of the molecule is CC(C)(C)OC(=O)NC1=N[C@H](C(C)(C)O)C[C@@](C)(c2ccc(F)c(-c3cncnc3)c2)S1.CC(C)(C)OC(=O)NC1=N[C@H](C(C)(C)O)C[C@@](C)(c2ccc(F)c(-c3cncnc3)c2)S1. The first kappa shape index (κ1) is 50.0. The van der Waals surface area contributed by atoms with E-state index in [4.69, 9.17) is 9.47 Å². The van der Waals surface area contributed by atoms with Gasteiger partial charge in [-0.15, -0.1) is 0 Å². The number of nitrogens with zero attached hydrogens (tertiary/aromatic N) is 6. The Bertz CT molecular complexity index is 2200. The van der Waals surface area contributed by atoms with E-state index in [-0.39, 0.29) is 11.6 Å². The lowest BCUT2D eigenvalue weighted by Crippen LogP contribution is -2.46. The van der Waals surface area contributed by atoms with Crippen molar-refractivity contribution >= 4 is 46.0 Å². The summed E-state index contributed by atoms with van der Waals surface area (Å²) in [6.45, 7) is 21.4. The smallest absolute Gasteiger partial charge is 0.413 e. The number of thioether (sulfide) groups is 2. The second-order valence-electron chi connectivity index (χ2n) is 19.2. The van der Waals surface area contributed by atoms with E-state index < -0.39 is 56.2 Å². The van der Waals surface area contributed by atoms with Crippen molar-refractivity contribution in [1.29, 1.82) is 0 Å². The molecule has 2 aromatic heterocycles. The molecule has 4 atom stereocenters. The number of carbonyl (C=O) groups is 2. The first-order valence-corrected chi connectivity index (χ1v) is 22.3. The number of aliphatic hydroxyl groups is 2. The van der Waals surface area contributed by atoms with E-state index in [0.29, 0.717) is 45.4 Å². The predicted molar refractivity (Wildman–Crippen MR) is 248 cm³/mol. The van der Waals surface area contributed by atoms with Crippen LogP contribution in [0.15, 0.2) is 83.8 Å². The average molecular weight is 921 g/mol. The summed E-state index contributed by atoms with van der Waals surface area (Å²) in [5.74, 6) is -0.763. The molecule has 4 heterocycles. The van der Waals surface area contributed by atoms with Crippen LogP contribution in [0.4, 0.5) is 18.4 Å². The van der Waals surface area contributed by atoms with Crippen LogP contribution in [-0.2, 0) is 19.0 Å². The van der Waals surface area contributed by atoms with Crippen LogP contribution in [0, 0.1) is 11.6 Å². The molecule has 0 unspecified atom stereocenters. The normalized spacial score (nSPS) is 21.6.